The summed E-state index contributed by atoms with van der Waals surface area (Å²) in [4.78, 5) is 155. The molecule has 7 aromatic rings. The number of carbonyl (C=O) groups is 9. The molecule has 0 radical (unpaired) electrons. The molecule has 0 saturated heterocycles. The summed E-state index contributed by atoms with van der Waals surface area (Å²) < 4.78 is 112. The van der Waals surface area contributed by atoms with Gasteiger partial charge in [-0.05, 0) is 220 Å². The number of aromatic nitrogens is 8. The van der Waals surface area contributed by atoms with E-state index in [1.54, 1.807) is 87.4 Å². The number of ether oxygens (including phenoxy) is 8. The molecule has 0 fully saturated rings. The van der Waals surface area contributed by atoms with Gasteiger partial charge in [0, 0.05) is 64.5 Å². The smallest absolute Gasteiger partial charge is 0.657 e. The van der Waals surface area contributed by atoms with Gasteiger partial charge in [-0.15, -0.1) is 44.1 Å². The maximum atomic E-state index is 14.5. The van der Waals surface area contributed by atoms with Crippen molar-refractivity contribution in [2.24, 2.45) is 0 Å². The van der Waals surface area contributed by atoms with Gasteiger partial charge in [-0.2, -0.15) is 8.78 Å². The van der Waals surface area contributed by atoms with Crippen LogP contribution in [0.15, 0.2) is 48.5 Å². The second-order valence-electron chi connectivity index (χ2n) is 32.4. The fourth-order valence-corrected chi connectivity index (χ4v) is 15.6. The summed E-state index contributed by atoms with van der Waals surface area (Å²) in [6, 6.07) is 14.7. The van der Waals surface area contributed by atoms with Crippen molar-refractivity contribution in [1.29, 1.82) is 0 Å². The van der Waals surface area contributed by atoms with Gasteiger partial charge in [0.2, 0.25) is 40.7 Å². The summed E-state index contributed by atoms with van der Waals surface area (Å²) in [5.41, 5.74) is 21.0. The molecule has 1 aromatic carbocycles. The molecule has 2 amide bonds. The van der Waals surface area contributed by atoms with Crippen LogP contribution in [0.3, 0.4) is 0 Å². The Bertz CT molecular complexity index is 6060. The summed E-state index contributed by atoms with van der Waals surface area (Å²) in [6.07, 6.45) is 2.49. The van der Waals surface area contributed by atoms with Crippen LogP contribution in [0.5, 0.6) is 5.75 Å². The molecular formula is C100H119F5N10O17Pd2. The van der Waals surface area contributed by atoms with Crippen molar-refractivity contribution in [1.82, 2.24) is 50.5 Å². The zero-order chi connectivity index (χ0) is 94.7. The van der Waals surface area contributed by atoms with E-state index in [2.05, 4.69) is 10.6 Å². The minimum absolute atomic E-state index is 0. The second-order valence-corrected chi connectivity index (χ2v) is 32.4. The number of allylic oxidation sites excluding steroid dienone is 8. The normalized spacial score (nSPS) is 12.2. The number of fused-ring (bicyclic) bond motifs is 16. The van der Waals surface area contributed by atoms with Crippen LogP contribution in [0.1, 0.15) is 278 Å². The first-order valence-electron chi connectivity index (χ1n) is 43.9. The van der Waals surface area contributed by atoms with Crippen molar-refractivity contribution in [3.63, 3.8) is 0 Å². The van der Waals surface area contributed by atoms with Crippen molar-refractivity contribution in [3.05, 3.63) is 168 Å². The third-order valence-corrected chi connectivity index (χ3v) is 22.5. The van der Waals surface area contributed by atoms with E-state index in [-0.39, 0.29) is 189 Å². The molecule has 0 spiro atoms. The van der Waals surface area contributed by atoms with Gasteiger partial charge < -0.3 is 68.5 Å². The topological polar surface area (TPSA) is 359 Å². The number of halogens is 5. The van der Waals surface area contributed by atoms with E-state index < -0.39 is 70.9 Å². The number of hydrogen-bond donors (Lipinski definition) is 2. The van der Waals surface area contributed by atoms with Gasteiger partial charge in [-0.3, -0.25) is 38.4 Å². The first kappa shape index (κ1) is 111. The molecule has 0 saturated carbocycles. The van der Waals surface area contributed by atoms with E-state index in [9.17, 15) is 65.1 Å². The molecule has 10 heterocycles. The SMILES string of the molecule is C.C.CCOC(=O)CCC1=C(C)c2cc3[n-]c(cc4nc(cc5[n-]c(cc1n2)c(C)c5CCC(=O)NCCCNC(=O)OC(C)(C)C)C(C)=C4CCC(=O)OCC)c(C)c3CCC(=O)OCC.CCOC(=O)CCC1=C(C)c2cc3[n-]c(cc4nc(cc5[n-]c(cc1n2)c(C)c5CCC(=O)OCC)C(C)=C4CCC(=O)OCC)c(C)c3CCC(=O)Oc1c(F)c(F)c(F)c(F)c1F.[Pd+2].[Pd+2]. The Balaban J connectivity index is 0.000000400. The minimum Gasteiger partial charge on any atom is -0.657 e. The molecule has 27 nitrogen and oxygen atoms in total. The Hall–Kier alpha value is -11.6. The summed E-state index contributed by atoms with van der Waals surface area (Å²) >= 11 is 0. The van der Waals surface area contributed by atoms with Gasteiger partial charge in [-0.25, -0.2) is 37.9 Å². The van der Waals surface area contributed by atoms with E-state index >= 15 is 0 Å². The number of esters is 7. The van der Waals surface area contributed by atoms with E-state index in [4.69, 9.17) is 77.8 Å². The fraction of sp³-hybridized carbons (Fsp3) is 0.450. The average Bonchev–Trinajstić information content (AvgIpc) is 1.58. The van der Waals surface area contributed by atoms with Crippen LogP contribution in [0.2, 0.25) is 0 Å². The van der Waals surface area contributed by atoms with Crippen molar-refractivity contribution >= 4 is 143 Å². The van der Waals surface area contributed by atoms with Crippen LogP contribution in [0.25, 0.3) is 88.7 Å². The van der Waals surface area contributed by atoms with Crippen molar-refractivity contribution in [2.75, 3.05) is 52.7 Å². The number of nitrogens with zero attached hydrogens (tertiary/aromatic N) is 8. The Kier molecular flexibility index (Phi) is 42.0. The van der Waals surface area contributed by atoms with Crippen molar-refractivity contribution < 1.29 is 144 Å². The number of rotatable bonds is 35. The molecule has 134 heavy (non-hydrogen) atoms. The van der Waals surface area contributed by atoms with E-state index in [0.717, 1.165) is 72.4 Å². The molecule has 0 unspecified atom stereocenters. The predicted octanol–water partition coefficient (Wildman–Crippen LogP) is 18.9. The summed E-state index contributed by atoms with van der Waals surface area (Å²) in [6.45, 7) is 33.3. The van der Waals surface area contributed by atoms with Crippen LogP contribution in [0.4, 0.5) is 26.7 Å². The number of nitrogens with one attached hydrogen (secondary N) is 2. The van der Waals surface area contributed by atoms with Gasteiger partial charge >= 0.3 is 88.7 Å². The predicted molar refractivity (Wildman–Crippen MR) is 494 cm³/mol. The number of benzene rings is 1. The van der Waals surface area contributed by atoms with Gasteiger partial charge in [0.05, 0.1) is 85.2 Å². The standard InChI is InChI=1S/C50H66N6O9.C48H47F5N4O8.2CH4.2Pd/c1-11-62-46(58)20-16-34-30(5)38-25-41-33(15-19-45(57)51-23-14-24-52-49(61)65-50(8,9)10)29(4)37(53-41)26-42-35(17-21-47(59)63-12-2)31(6)39(55-42)28-44-36(18-22-48(60)64-13-3)32(7)40(56-44)27-43(34)54-38;1-8-62-39(58)15-11-27-23(4)31-20-36-29(13-17-41(60)64-10-3)25(6)33(56-36)22-38-30(14-18-42(61)65-48-46(52)44(50)43(49)45(51)47(48)53)26(7)34(57-38)21-37-28(12-16-40(59)63-9-2)24(5)32(55-37)19-35(27)54-31;;;;/h25-28H,11-24H2,1-10H3,(H4,51,52,53,54,55,56,57,61);19-22H,8-18H2,1-7H3;2*1H4;;/q;-2;;;2*+2/p-2. The molecule has 16 bridgehead atoms. The van der Waals surface area contributed by atoms with Gasteiger partial charge in [0.1, 0.15) is 5.60 Å². The first-order valence-corrected chi connectivity index (χ1v) is 43.9. The minimum atomic E-state index is -2.39. The maximum absolute atomic E-state index is 14.5. The van der Waals surface area contributed by atoms with Crippen LogP contribution in [-0.2, 0) is 138 Å². The second kappa shape index (κ2) is 50.7. The Morgan fingerprint density at radius 3 is 0.813 bits per heavy atom. The van der Waals surface area contributed by atoms with Gasteiger partial charge in [0.25, 0.3) is 0 Å². The van der Waals surface area contributed by atoms with Crippen LogP contribution in [-0.4, -0.2) is 132 Å². The molecule has 726 valence electrons. The van der Waals surface area contributed by atoms with Gasteiger partial charge in [-0.1, -0.05) is 108 Å². The van der Waals surface area contributed by atoms with Crippen molar-refractivity contribution in [3.8, 4) is 5.75 Å². The monoisotopic (exact) mass is 2040 g/mol. The molecule has 34 heteroatoms. The molecule has 2 N–H and O–H groups in total. The summed E-state index contributed by atoms with van der Waals surface area (Å²) in [5.74, 6) is -16.7. The Morgan fingerprint density at radius 1 is 0.321 bits per heavy atom. The molecule has 0 atom stereocenters. The number of amides is 2. The van der Waals surface area contributed by atoms with Crippen LogP contribution in [0, 0.1) is 56.8 Å². The third kappa shape index (κ3) is 28.1. The molecule has 0 aliphatic carbocycles. The third-order valence-electron chi connectivity index (χ3n) is 22.5. The molecule has 4 aliphatic rings. The first-order chi connectivity index (χ1) is 61.9. The molecule has 6 aromatic heterocycles. The summed E-state index contributed by atoms with van der Waals surface area (Å²) in [7, 11) is 0. The van der Waals surface area contributed by atoms with E-state index in [0.29, 0.717) is 158 Å². The fourth-order valence-electron chi connectivity index (χ4n) is 15.6. The number of aryl methyl sites for hydroxylation is 8. The summed E-state index contributed by atoms with van der Waals surface area (Å²) in [5, 5.41) is 5.67. The zero-order valence-corrected chi connectivity index (χ0v) is 80.4. The van der Waals surface area contributed by atoms with Crippen LogP contribution < -0.4 is 35.3 Å². The average molecular weight is 2040 g/mol. The number of carbonyl (C=O) groups excluding carboxylic acids is 9. The largest absolute Gasteiger partial charge is 2.00 e. The zero-order valence-electron chi connectivity index (χ0n) is 77.3. The molecule has 11 rings (SSSR count). The van der Waals surface area contributed by atoms with E-state index in [1.165, 1.54) is 0 Å². The maximum Gasteiger partial charge on any atom is 2.00 e. The Labute approximate surface area is 805 Å². The van der Waals surface area contributed by atoms with Gasteiger partial charge in [0.15, 0.2) is 0 Å². The molecule has 4 aliphatic heterocycles. The van der Waals surface area contributed by atoms with E-state index in [1.807, 2.05) is 78.8 Å². The molecular weight excluding hydrogens is 1920 g/mol. The Morgan fingerprint density at radius 2 is 0.552 bits per heavy atom. The number of hydrogen-bond acceptors (Lipinski definition) is 21. The van der Waals surface area contributed by atoms with Crippen molar-refractivity contribution in [2.45, 2.75) is 247 Å². The van der Waals surface area contributed by atoms with Crippen LogP contribution >= 0.6 is 0 Å². The number of alkyl carbamates (subject to hydrolysis) is 1. The quantitative estimate of drug-likeness (QED) is 0.00544.